The lowest BCUT2D eigenvalue weighted by molar-refractivity contribution is -0.383. The topological polar surface area (TPSA) is 233 Å². The lowest BCUT2D eigenvalue weighted by atomic mass is 9.99. The van der Waals surface area contributed by atoms with Crippen LogP contribution in [0.4, 0.5) is 0 Å². The Kier molecular flexibility index (Phi) is 7.13. The molecule has 2 aliphatic heterocycles. The van der Waals surface area contributed by atoms with Crippen molar-refractivity contribution in [1.82, 2.24) is 0 Å². The van der Waals surface area contributed by atoms with Gasteiger partial charge in [-0.25, -0.2) is 4.18 Å². The molecule has 27 heavy (non-hydrogen) atoms. The zero-order valence-corrected chi connectivity index (χ0v) is 14.5. The summed E-state index contributed by atoms with van der Waals surface area (Å²) in [5, 5.41) is 68.2. The summed E-state index contributed by atoms with van der Waals surface area (Å²) in [7, 11) is -4.89. The Labute approximate surface area is 153 Å². The number of hydrogen-bond donors (Lipinski definition) is 8. The van der Waals surface area contributed by atoms with Crippen molar-refractivity contribution < 1.29 is 67.1 Å². The van der Waals surface area contributed by atoms with Crippen LogP contribution in [0, 0.1) is 0 Å². The van der Waals surface area contributed by atoms with E-state index in [0.29, 0.717) is 0 Å². The molecule has 0 amide bonds. The SMILES string of the molecule is O=S(=O)(O)OCC1OC(CO)(OC2OC(CO)C(O)C(O)C2O)C(O)C1O. The Morgan fingerprint density at radius 3 is 2.07 bits per heavy atom. The first-order chi connectivity index (χ1) is 12.5. The van der Waals surface area contributed by atoms with E-state index < -0.39 is 85.0 Å². The van der Waals surface area contributed by atoms with E-state index in [1.54, 1.807) is 0 Å². The molecule has 2 saturated heterocycles. The molecule has 2 fully saturated rings. The van der Waals surface area contributed by atoms with Gasteiger partial charge in [-0.3, -0.25) is 4.55 Å². The van der Waals surface area contributed by atoms with Gasteiger partial charge < -0.3 is 50.0 Å². The minimum atomic E-state index is -4.89. The lowest BCUT2D eigenvalue weighted by Crippen LogP contribution is -2.62. The number of aliphatic hydroxyl groups is 7. The average Bonchev–Trinajstić information content (AvgIpc) is 2.85. The predicted octanol–water partition coefficient (Wildman–Crippen LogP) is -5.57. The molecular formula is C12H22O14S. The fourth-order valence-corrected chi connectivity index (χ4v) is 3.08. The molecule has 9 atom stereocenters. The molecule has 2 rings (SSSR count). The average molecular weight is 422 g/mol. The molecule has 15 heteroatoms. The third-order valence-electron chi connectivity index (χ3n) is 4.27. The van der Waals surface area contributed by atoms with E-state index in [1.807, 2.05) is 0 Å². The maximum atomic E-state index is 10.6. The summed E-state index contributed by atoms with van der Waals surface area (Å²) >= 11 is 0. The molecule has 0 spiro atoms. The number of hydrogen-bond acceptors (Lipinski definition) is 13. The number of ether oxygens (including phenoxy) is 3. The molecule has 2 aliphatic rings. The molecule has 2 heterocycles. The van der Waals surface area contributed by atoms with Crippen LogP contribution >= 0.6 is 0 Å². The van der Waals surface area contributed by atoms with Gasteiger partial charge in [0, 0.05) is 0 Å². The fraction of sp³-hybridized carbons (Fsp3) is 1.00. The molecule has 0 radical (unpaired) electrons. The minimum Gasteiger partial charge on any atom is -0.394 e. The van der Waals surface area contributed by atoms with Crippen molar-refractivity contribution in [3.63, 3.8) is 0 Å². The van der Waals surface area contributed by atoms with Gasteiger partial charge in [0.25, 0.3) is 0 Å². The Morgan fingerprint density at radius 1 is 0.926 bits per heavy atom. The zero-order valence-electron chi connectivity index (χ0n) is 13.7. The van der Waals surface area contributed by atoms with E-state index in [2.05, 4.69) is 4.18 Å². The first kappa shape index (κ1) is 22.8. The van der Waals surface area contributed by atoms with Gasteiger partial charge in [0.05, 0.1) is 13.2 Å². The first-order valence-electron chi connectivity index (χ1n) is 7.70. The van der Waals surface area contributed by atoms with Gasteiger partial charge in [-0.15, -0.1) is 0 Å². The third kappa shape index (κ3) is 4.73. The second-order valence-electron chi connectivity index (χ2n) is 6.09. The molecule has 0 aliphatic carbocycles. The molecule has 160 valence electrons. The molecule has 14 nitrogen and oxygen atoms in total. The maximum absolute atomic E-state index is 10.6. The van der Waals surface area contributed by atoms with E-state index in [4.69, 9.17) is 23.9 Å². The van der Waals surface area contributed by atoms with Crippen LogP contribution in [0.25, 0.3) is 0 Å². The van der Waals surface area contributed by atoms with Crippen molar-refractivity contribution in [2.45, 2.75) is 54.8 Å². The fourth-order valence-electron chi connectivity index (χ4n) is 2.77. The number of aliphatic hydroxyl groups excluding tert-OH is 7. The van der Waals surface area contributed by atoms with Crippen LogP contribution in [0.1, 0.15) is 0 Å². The van der Waals surface area contributed by atoms with Gasteiger partial charge in [0.2, 0.25) is 5.79 Å². The third-order valence-corrected chi connectivity index (χ3v) is 4.71. The summed E-state index contributed by atoms with van der Waals surface area (Å²) in [4.78, 5) is 0. The van der Waals surface area contributed by atoms with Crippen LogP contribution in [-0.4, -0.2) is 123 Å². The second kappa shape index (κ2) is 8.46. The predicted molar refractivity (Wildman–Crippen MR) is 79.1 cm³/mol. The summed E-state index contributed by atoms with van der Waals surface area (Å²) in [6.45, 7) is -2.84. The Balaban J connectivity index is 2.16. The highest BCUT2D eigenvalue weighted by Crippen LogP contribution is 2.36. The van der Waals surface area contributed by atoms with Gasteiger partial charge in [0.15, 0.2) is 6.29 Å². The molecule has 0 aromatic rings. The van der Waals surface area contributed by atoms with Crippen molar-refractivity contribution in [2.75, 3.05) is 19.8 Å². The molecule has 9 unspecified atom stereocenters. The maximum Gasteiger partial charge on any atom is 0.397 e. The first-order valence-corrected chi connectivity index (χ1v) is 9.07. The number of rotatable bonds is 7. The molecular weight excluding hydrogens is 400 g/mol. The highest BCUT2D eigenvalue weighted by atomic mass is 32.3. The van der Waals surface area contributed by atoms with Crippen LogP contribution < -0.4 is 0 Å². The highest BCUT2D eigenvalue weighted by Gasteiger charge is 2.58. The van der Waals surface area contributed by atoms with E-state index >= 15 is 0 Å². The summed E-state index contributed by atoms with van der Waals surface area (Å²) in [6.07, 6.45) is -14.0. The van der Waals surface area contributed by atoms with Crippen LogP contribution in [0.15, 0.2) is 0 Å². The van der Waals surface area contributed by atoms with Crippen molar-refractivity contribution in [3.05, 3.63) is 0 Å². The quantitative estimate of drug-likeness (QED) is 0.179. The second-order valence-corrected chi connectivity index (χ2v) is 7.18. The lowest BCUT2D eigenvalue weighted by Gasteiger charge is -2.43. The van der Waals surface area contributed by atoms with Crippen molar-refractivity contribution >= 4 is 10.4 Å². The van der Waals surface area contributed by atoms with E-state index in [1.165, 1.54) is 0 Å². The monoisotopic (exact) mass is 422 g/mol. The minimum absolute atomic E-state index is 0.770. The largest absolute Gasteiger partial charge is 0.397 e. The molecule has 0 saturated carbocycles. The van der Waals surface area contributed by atoms with Gasteiger partial charge in [-0.2, -0.15) is 8.42 Å². The molecule has 0 aromatic heterocycles. The van der Waals surface area contributed by atoms with E-state index in [-0.39, 0.29) is 0 Å². The Hall–Kier alpha value is -0.530. The van der Waals surface area contributed by atoms with E-state index in [9.17, 15) is 39.1 Å². The van der Waals surface area contributed by atoms with E-state index in [0.717, 1.165) is 0 Å². The van der Waals surface area contributed by atoms with Crippen molar-refractivity contribution in [3.8, 4) is 0 Å². The zero-order chi connectivity index (χ0) is 20.6. The normalized spacial score (nSPS) is 45.9. The Bertz CT molecular complexity index is 597. The smallest absolute Gasteiger partial charge is 0.394 e. The van der Waals surface area contributed by atoms with Crippen LogP contribution in [0.3, 0.4) is 0 Å². The van der Waals surface area contributed by atoms with Gasteiger partial charge in [0.1, 0.15) is 49.3 Å². The molecule has 0 aromatic carbocycles. The summed E-state index contributed by atoms with van der Waals surface area (Å²) in [5.41, 5.74) is 0. The summed E-state index contributed by atoms with van der Waals surface area (Å²) in [6, 6.07) is 0. The Morgan fingerprint density at radius 2 is 1.56 bits per heavy atom. The van der Waals surface area contributed by atoms with Crippen LogP contribution in [-0.2, 0) is 28.8 Å². The van der Waals surface area contributed by atoms with Gasteiger partial charge >= 0.3 is 10.4 Å². The highest BCUT2D eigenvalue weighted by molar-refractivity contribution is 7.80. The molecule has 0 bridgehead atoms. The van der Waals surface area contributed by atoms with Gasteiger partial charge in [-0.1, -0.05) is 0 Å². The summed E-state index contributed by atoms with van der Waals surface area (Å²) < 4.78 is 49.3. The standard InChI is InChI=1S/C12H22O14S/c13-1-4-6(15)8(17)9(18)11(24-4)26-12(3-14)10(19)7(16)5(25-12)2-23-27(20,21)22/h4-11,13-19H,1-3H2,(H,20,21,22). The van der Waals surface area contributed by atoms with Crippen molar-refractivity contribution in [2.24, 2.45) is 0 Å². The van der Waals surface area contributed by atoms with Crippen molar-refractivity contribution in [1.29, 1.82) is 0 Å². The summed E-state index contributed by atoms with van der Waals surface area (Å²) in [5.74, 6) is -2.44. The van der Waals surface area contributed by atoms with Gasteiger partial charge in [-0.05, 0) is 0 Å². The van der Waals surface area contributed by atoms with Crippen LogP contribution in [0.5, 0.6) is 0 Å². The molecule has 8 N–H and O–H groups in total. The van der Waals surface area contributed by atoms with Crippen LogP contribution in [0.2, 0.25) is 0 Å².